The molecule has 17 heavy (non-hydrogen) atoms. The van der Waals surface area contributed by atoms with E-state index in [-0.39, 0.29) is 40.7 Å². The second-order valence-electron chi connectivity index (χ2n) is 3.51. The maximum absolute atomic E-state index is 2.20. The maximum Gasteiger partial charge on any atom is 4.00 e. The minimum atomic E-state index is 0. The molecule has 2 aromatic carbocycles. The molecule has 1 heteroatoms. The summed E-state index contributed by atoms with van der Waals surface area (Å²) in [7, 11) is 0. The Morgan fingerprint density at radius 2 is 1.24 bits per heavy atom. The second-order valence-corrected chi connectivity index (χ2v) is 3.51. The van der Waals surface area contributed by atoms with Crippen molar-refractivity contribution in [3.8, 4) is 0 Å². The van der Waals surface area contributed by atoms with Gasteiger partial charge in [0.2, 0.25) is 0 Å². The third-order valence-electron chi connectivity index (χ3n) is 2.10. The molecule has 0 N–H and O–H groups in total. The Hall–Kier alpha value is -0.430. The fraction of sp³-hybridized carbons (Fsp3) is 0.250. The maximum atomic E-state index is 2.20. The van der Waals surface area contributed by atoms with Crippen LogP contribution in [0.3, 0.4) is 0 Å². The quantitative estimate of drug-likeness (QED) is 0.498. The SMILES string of the molecule is CCC[c-]1cccc1.C[c-]1cccc1.[CH3-].[CH3-].[Hf+4]. The van der Waals surface area contributed by atoms with Gasteiger partial charge in [0.15, 0.2) is 0 Å². The van der Waals surface area contributed by atoms with E-state index in [0.29, 0.717) is 0 Å². The fourth-order valence-corrected chi connectivity index (χ4v) is 1.34. The molecule has 0 radical (unpaired) electrons. The van der Waals surface area contributed by atoms with Crippen molar-refractivity contribution in [1.29, 1.82) is 0 Å². The van der Waals surface area contributed by atoms with Crippen LogP contribution in [0, 0.1) is 21.8 Å². The zero-order valence-corrected chi connectivity index (χ0v) is 15.1. The first-order valence-corrected chi connectivity index (χ1v) is 5.22. The van der Waals surface area contributed by atoms with Gasteiger partial charge in [-0.1, -0.05) is 26.7 Å². The van der Waals surface area contributed by atoms with E-state index in [0.717, 1.165) is 0 Å². The van der Waals surface area contributed by atoms with Gasteiger partial charge in [0, 0.05) is 0 Å². The van der Waals surface area contributed by atoms with Gasteiger partial charge in [0.1, 0.15) is 0 Å². The summed E-state index contributed by atoms with van der Waals surface area (Å²) < 4.78 is 0. The molecular formula is C16H24Hf. The Morgan fingerprint density at radius 3 is 1.53 bits per heavy atom. The summed E-state index contributed by atoms with van der Waals surface area (Å²) >= 11 is 0. The number of hydrogen-bond acceptors (Lipinski definition) is 0. The van der Waals surface area contributed by atoms with Crippen molar-refractivity contribution in [2.45, 2.75) is 26.7 Å². The molecule has 0 aliphatic carbocycles. The molecule has 0 amide bonds. The van der Waals surface area contributed by atoms with Crippen LogP contribution in [0.25, 0.3) is 0 Å². The molecule has 0 aliphatic rings. The zero-order valence-electron chi connectivity index (χ0n) is 11.5. The molecule has 0 unspecified atom stereocenters. The molecule has 0 aliphatic heterocycles. The van der Waals surface area contributed by atoms with Crippen LogP contribution >= 0.6 is 0 Å². The Labute approximate surface area is 127 Å². The van der Waals surface area contributed by atoms with Crippen molar-refractivity contribution in [2.75, 3.05) is 0 Å². The monoisotopic (exact) mass is 396 g/mol. The number of hydrogen-bond donors (Lipinski definition) is 0. The minimum Gasteiger partial charge on any atom is -0.358 e. The van der Waals surface area contributed by atoms with Crippen molar-refractivity contribution < 1.29 is 25.8 Å². The molecule has 0 nitrogen and oxygen atoms in total. The summed E-state index contributed by atoms with van der Waals surface area (Å²) in [5.41, 5.74) is 2.81. The molecule has 2 aromatic rings. The summed E-state index contributed by atoms with van der Waals surface area (Å²) in [6.07, 6.45) is 2.48. The Kier molecular flexibility index (Phi) is 17.5. The molecule has 0 atom stereocenters. The zero-order chi connectivity index (χ0) is 10.2. The van der Waals surface area contributed by atoms with Crippen LogP contribution in [0.2, 0.25) is 0 Å². The van der Waals surface area contributed by atoms with Crippen LogP contribution in [0.5, 0.6) is 0 Å². The molecule has 0 aromatic heterocycles. The average molecular weight is 395 g/mol. The number of rotatable bonds is 2. The van der Waals surface area contributed by atoms with Gasteiger partial charge in [-0.3, -0.25) is 0 Å². The normalized spacial score (nSPS) is 7.65. The van der Waals surface area contributed by atoms with E-state index >= 15 is 0 Å². The van der Waals surface area contributed by atoms with Crippen molar-refractivity contribution in [2.24, 2.45) is 0 Å². The van der Waals surface area contributed by atoms with Crippen LogP contribution < -0.4 is 0 Å². The van der Waals surface area contributed by atoms with Gasteiger partial charge in [0.25, 0.3) is 0 Å². The summed E-state index contributed by atoms with van der Waals surface area (Å²) in [6, 6.07) is 16.8. The summed E-state index contributed by atoms with van der Waals surface area (Å²) in [5, 5.41) is 0. The smallest absolute Gasteiger partial charge is 0.358 e. The van der Waals surface area contributed by atoms with E-state index in [1.165, 1.54) is 24.0 Å². The predicted octanol–water partition coefficient (Wildman–Crippen LogP) is 4.97. The first kappa shape index (κ1) is 21.8. The summed E-state index contributed by atoms with van der Waals surface area (Å²) in [4.78, 5) is 0. The average Bonchev–Trinajstić information content (AvgIpc) is 2.79. The third-order valence-corrected chi connectivity index (χ3v) is 2.10. The van der Waals surface area contributed by atoms with Crippen molar-refractivity contribution in [1.82, 2.24) is 0 Å². The summed E-state index contributed by atoms with van der Waals surface area (Å²) in [6.45, 7) is 4.28. The summed E-state index contributed by atoms with van der Waals surface area (Å²) in [5.74, 6) is 0. The topological polar surface area (TPSA) is 0 Å². The molecule has 0 saturated heterocycles. The van der Waals surface area contributed by atoms with E-state index in [1.54, 1.807) is 0 Å². The van der Waals surface area contributed by atoms with Gasteiger partial charge >= 0.3 is 25.8 Å². The van der Waals surface area contributed by atoms with E-state index in [2.05, 4.69) is 50.2 Å². The molecule has 2 rings (SSSR count). The fourth-order valence-electron chi connectivity index (χ4n) is 1.34. The number of aryl methyl sites for hydroxylation is 2. The molecule has 0 fully saturated rings. The first-order chi connectivity index (χ1) is 6.83. The van der Waals surface area contributed by atoms with Crippen molar-refractivity contribution >= 4 is 0 Å². The van der Waals surface area contributed by atoms with E-state index in [9.17, 15) is 0 Å². The molecule has 92 valence electrons. The first-order valence-electron chi connectivity index (χ1n) is 5.22. The van der Waals surface area contributed by atoms with Gasteiger partial charge in [-0.05, 0) is 0 Å². The van der Waals surface area contributed by atoms with E-state index in [4.69, 9.17) is 0 Å². The van der Waals surface area contributed by atoms with Gasteiger partial charge in [-0.15, -0.1) is 0 Å². The van der Waals surface area contributed by atoms with Crippen LogP contribution in [0.1, 0.15) is 24.5 Å². The molecular weight excluding hydrogens is 371 g/mol. The van der Waals surface area contributed by atoms with E-state index in [1.807, 2.05) is 12.1 Å². The second kappa shape index (κ2) is 13.6. The molecule has 0 bridgehead atoms. The van der Waals surface area contributed by atoms with Crippen LogP contribution in [0.4, 0.5) is 0 Å². The van der Waals surface area contributed by atoms with Crippen LogP contribution in [-0.4, -0.2) is 0 Å². The van der Waals surface area contributed by atoms with E-state index < -0.39 is 0 Å². The third kappa shape index (κ3) is 10.4. The van der Waals surface area contributed by atoms with Gasteiger partial charge in [0.05, 0.1) is 0 Å². The Balaban J connectivity index is -0.000000201. The Bertz CT molecular complexity index is 303. The molecule has 0 spiro atoms. The molecule has 0 heterocycles. The van der Waals surface area contributed by atoms with Gasteiger partial charge in [-0.25, -0.2) is 24.3 Å². The predicted molar refractivity (Wildman–Crippen MR) is 75.6 cm³/mol. The van der Waals surface area contributed by atoms with Crippen LogP contribution in [0.15, 0.2) is 48.5 Å². The standard InChI is InChI=1S/C8H11.C6H7.2CH3.Hf/c1-2-5-8-6-3-4-7-8;1-6-4-2-3-5-6;;;/h3-4,6-7H,2,5H2,1H3;2-5H,1H3;2*1H3;/q4*-1;+4. The van der Waals surface area contributed by atoms with Crippen molar-refractivity contribution in [3.63, 3.8) is 0 Å². The largest absolute Gasteiger partial charge is 4.00 e. The minimum absolute atomic E-state index is 0. The van der Waals surface area contributed by atoms with Crippen LogP contribution in [-0.2, 0) is 32.3 Å². The molecule has 0 saturated carbocycles. The van der Waals surface area contributed by atoms with Crippen molar-refractivity contribution in [3.05, 3.63) is 74.5 Å². The van der Waals surface area contributed by atoms with Gasteiger partial charge < -0.3 is 14.9 Å². The van der Waals surface area contributed by atoms with Gasteiger partial charge in [-0.2, -0.15) is 35.4 Å². The Morgan fingerprint density at radius 1 is 0.824 bits per heavy atom.